The molecule has 0 aromatic heterocycles. The highest BCUT2D eigenvalue weighted by Crippen LogP contribution is 2.55. The second-order valence-electron chi connectivity index (χ2n) is 25.7. The molecule has 0 aliphatic carbocycles. The van der Waals surface area contributed by atoms with Crippen molar-refractivity contribution in [3.63, 3.8) is 0 Å². The highest BCUT2D eigenvalue weighted by Gasteiger charge is 2.39. The first-order chi connectivity index (χ1) is 44.5. The third kappa shape index (κ3) is 18.9. The van der Waals surface area contributed by atoms with E-state index in [-0.39, 0.29) is 29.3 Å². The van der Waals surface area contributed by atoms with Gasteiger partial charge < -0.3 is 47.7 Å². The zero-order chi connectivity index (χ0) is 65.1. The van der Waals surface area contributed by atoms with Gasteiger partial charge in [0.2, 0.25) is 0 Å². The Morgan fingerprint density at radius 1 is 0.402 bits per heavy atom. The molecule has 2 aliphatic rings. The monoisotopic (exact) mass is 1320 g/mol. The van der Waals surface area contributed by atoms with Crippen molar-refractivity contribution in [2.45, 2.75) is 117 Å². The summed E-state index contributed by atoms with van der Waals surface area (Å²) in [5, 5.41) is 16.1. The Morgan fingerprint density at radius 2 is 0.772 bits per heavy atom. The number of fused-ring (bicyclic) bond motifs is 1. The second-order valence-corrected chi connectivity index (χ2v) is 30.2. The van der Waals surface area contributed by atoms with Crippen LogP contribution < -0.4 is 18.9 Å². The lowest BCUT2D eigenvalue weighted by Gasteiger charge is -2.38. The number of rotatable bonds is 34. The van der Waals surface area contributed by atoms with Crippen molar-refractivity contribution < 1.29 is 47.7 Å². The van der Waals surface area contributed by atoms with E-state index in [0.29, 0.717) is 92.5 Å². The van der Waals surface area contributed by atoms with Gasteiger partial charge >= 0.3 is 0 Å². The quantitative estimate of drug-likeness (QED) is 0.0306. The summed E-state index contributed by atoms with van der Waals surface area (Å²) in [6.45, 7) is 30.9. The molecule has 490 valence electrons. The van der Waals surface area contributed by atoms with Gasteiger partial charge in [0.1, 0.15) is 49.4 Å². The Labute approximate surface area is 564 Å². The summed E-state index contributed by atoms with van der Waals surface area (Å²) in [7, 11) is 0. The Balaban J connectivity index is 0.637. The largest absolute Gasteiger partial charge is 0.491 e. The fourth-order valence-electron chi connectivity index (χ4n) is 11.2. The Morgan fingerprint density at radius 3 is 1.17 bits per heavy atom. The lowest BCUT2D eigenvalue weighted by atomic mass is 9.64. The zero-order valence-corrected chi connectivity index (χ0v) is 59.0. The fraction of sp³-hybridized carbons (Fsp3) is 0.410. The minimum absolute atomic E-state index is 0.0120. The third-order valence-electron chi connectivity index (χ3n) is 16.3. The van der Waals surface area contributed by atoms with Crippen molar-refractivity contribution in [3.05, 3.63) is 230 Å². The number of benzene rings is 7. The molecule has 0 amide bonds. The molecule has 0 spiro atoms. The van der Waals surface area contributed by atoms with Crippen LogP contribution in [0.5, 0.6) is 23.0 Å². The molecule has 14 heteroatoms. The van der Waals surface area contributed by atoms with Crippen LogP contribution in [0.15, 0.2) is 175 Å². The van der Waals surface area contributed by atoms with E-state index in [4.69, 9.17) is 42.6 Å². The van der Waals surface area contributed by atoms with Gasteiger partial charge in [0.15, 0.2) is 0 Å². The molecular formula is C78H94O10S4. The lowest BCUT2D eigenvalue weighted by molar-refractivity contribution is 0.0444. The number of hydrogen-bond donors (Lipinski definition) is 1. The van der Waals surface area contributed by atoms with Gasteiger partial charge in [0.05, 0.1) is 86.6 Å². The number of aliphatic hydroxyl groups excluding tert-OH is 1. The predicted octanol–water partition coefficient (Wildman–Crippen LogP) is 18.9. The van der Waals surface area contributed by atoms with Gasteiger partial charge in [0.25, 0.3) is 0 Å². The van der Waals surface area contributed by atoms with Crippen LogP contribution in [0.4, 0.5) is 0 Å². The van der Waals surface area contributed by atoms with Gasteiger partial charge in [-0.15, -0.1) is 0 Å². The highest BCUT2D eigenvalue weighted by atomic mass is 32.2. The molecule has 10 nitrogen and oxygen atoms in total. The first-order valence-electron chi connectivity index (χ1n) is 32.4. The Bertz CT molecular complexity index is 3480. The van der Waals surface area contributed by atoms with E-state index in [1.807, 2.05) is 48.5 Å². The summed E-state index contributed by atoms with van der Waals surface area (Å²) in [5.74, 6) is 3.80. The molecule has 0 atom stereocenters. The molecule has 92 heavy (non-hydrogen) atoms. The first-order valence-corrected chi connectivity index (χ1v) is 35.8. The molecule has 2 aliphatic heterocycles. The van der Waals surface area contributed by atoms with Crippen LogP contribution in [0.1, 0.15) is 144 Å². The minimum Gasteiger partial charge on any atom is -0.491 e. The Kier molecular flexibility index (Phi) is 26.3. The van der Waals surface area contributed by atoms with Crippen molar-refractivity contribution in [3.8, 4) is 23.0 Å². The molecule has 0 fully saturated rings. The van der Waals surface area contributed by atoms with Crippen LogP contribution in [0.3, 0.4) is 0 Å². The molecule has 9 rings (SSSR count). The number of aliphatic hydroxyl groups is 1. The molecule has 7 aromatic carbocycles. The van der Waals surface area contributed by atoms with Crippen LogP contribution in [0.25, 0.3) is 10.8 Å². The Hall–Kier alpha value is -5.62. The topological polar surface area (TPSA) is 103 Å². The van der Waals surface area contributed by atoms with Crippen molar-refractivity contribution in [2.24, 2.45) is 0 Å². The molecule has 0 saturated carbocycles. The zero-order valence-electron chi connectivity index (χ0n) is 55.7. The van der Waals surface area contributed by atoms with E-state index < -0.39 is 5.41 Å². The van der Waals surface area contributed by atoms with Crippen LogP contribution in [-0.2, 0) is 53.0 Å². The second kappa shape index (κ2) is 34.2. The van der Waals surface area contributed by atoms with Gasteiger partial charge in [-0.3, -0.25) is 0 Å². The summed E-state index contributed by atoms with van der Waals surface area (Å²) in [6.07, 6.45) is 0.987. The summed E-state index contributed by atoms with van der Waals surface area (Å²) < 4.78 is 57.3. The van der Waals surface area contributed by atoms with Gasteiger partial charge in [-0.2, -0.15) is 0 Å². The third-order valence-corrected chi connectivity index (χ3v) is 21.6. The molecule has 0 saturated heterocycles. The van der Waals surface area contributed by atoms with Gasteiger partial charge in [-0.05, 0) is 132 Å². The first kappa shape index (κ1) is 70.7. The van der Waals surface area contributed by atoms with E-state index in [9.17, 15) is 5.11 Å². The van der Waals surface area contributed by atoms with Crippen LogP contribution in [0, 0.1) is 0 Å². The van der Waals surface area contributed by atoms with E-state index >= 15 is 0 Å². The molecule has 2 heterocycles. The van der Waals surface area contributed by atoms with Crippen molar-refractivity contribution in [1.82, 2.24) is 0 Å². The van der Waals surface area contributed by atoms with Crippen LogP contribution >= 0.6 is 47.0 Å². The maximum Gasteiger partial charge on any atom is 0.127 e. The average molecular weight is 1320 g/mol. The summed E-state index contributed by atoms with van der Waals surface area (Å²) >= 11 is 7.07. The number of aryl methyl sites for hydroxylation is 1. The predicted molar refractivity (Wildman–Crippen MR) is 386 cm³/mol. The number of ether oxygens (including phenoxy) is 9. The molecule has 0 radical (unpaired) electrons. The van der Waals surface area contributed by atoms with E-state index in [2.05, 4.69) is 184 Å². The standard InChI is InChI=1S/C78H94O10S4/c1-12-56-19-21-60(22-20-56)78(61-27-23-58(24-28-61)76(6,7)8,62-29-25-59(26-30-62)77(9,10)11)63-31-33-64(34-32-63)85-43-39-80-35-37-83-50-65-52-89-74(91-65)75-90-53-66(92-75)51-84-38-36-81-40-44-86-71-17-13-16-68-67(71)15-14-18-72(68)87-45-41-82-42-46-88-73-69(54(2)3)47-57(49-79)48-70(73)55(4)5/h13-34,47-48,52-55,79H,12,35-46,49-51H2,1-11H3/b75-74-. The molecule has 1 N–H and O–H groups in total. The normalized spacial score (nSPS) is 14.6. The van der Waals surface area contributed by atoms with E-state index in [1.54, 1.807) is 47.0 Å². The molecule has 0 bridgehead atoms. The van der Waals surface area contributed by atoms with Gasteiger partial charge in [-0.1, -0.05) is 232 Å². The van der Waals surface area contributed by atoms with Crippen molar-refractivity contribution in [2.75, 3.05) is 92.5 Å². The average Bonchev–Trinajstić information content (AvgIpc) is 0.845. The maximum absolute atomic E-state index is 9.82. The molecule has 7 aromatic rings. The molecular weight excluding hydrogens is 1230 g/mol. The fourth-order valence-corrected chi connectivity index (χ4v) is 16.0. The summed E-state index contributed by atoms with van der Waals surface area (Å²) in [5.41, 5.74) is 11.4. The molecule has 0 unspecified atom stereocenters. The lowest BCUT2D eigenvalue weighted by Crippen LogP contribution is -2.31. The number of thioether (sulfide) groups is 4. The highest BCUT2D eigenvalue weighted by molar-refractivity contribution is 8.33. The van der Waals surface area contributed by atoms with Crippen LogP contribution in [0.2, 0.25) is 0 Å². The minimum atomic E-state index is -0.564. The maximum atomic E-state index is 9.82. The van der Waals surface area contributed by atoms with E-state index in [0.717, 1.165) is 56.9 Å². The summed E-state index contributed by atoms with van der Waals surface area (Å²) in [4.78, 5) is 2.39. The van der Waals surface area contributed by atoms with Crippen LogP contribution in [-0.4, -0.2) is 97.6 Å². The van der Waals surface area contributed by atoms with E-state index in [1.165, 1.54) is 57.2 Å². The number of hydrogen-bond acceptors (Lipinski definition) is 14. The van der Waals surface area contributed by atoms with Crippen molar-refractivity contribution in [1.29, 1.82) is 0 Å². The van der Waals surface area contributed by atoms with Gasteiger partial charge in [0, 0.05) is 20.6 Å². The SMILES string of the molecule is CCc1ccc(C(c2ccc(OCCOCCOCC3=CS/C(=C4\SC=C(COCCOCCOc5cccc6c(OCCOCCOc7c(C(C)C)cc(CO)cc7C(C)C)cccc56)S4)S3)cc2)(c2ccc(C(C)(C)C)cc2)c2ccc(C(C)(C)C)cc2)cc1. The van der Waals surface area contributed by atoms with Crippen molar-refractivity contribution >= 4 is 57.8 Å². The summed E-state index contributed by atoms with van der Waals surface area (Å²) in [6, 6.07) is 52.5. The smallest absolute Gasteiger partial charge is 0.127 e. The van der Waals surface area contributed by atoms with Gasteiger partial charge in [-0.25, -0.2) is 0 Å².